The molecule has 0 saturated carbocycles. The molecular weight excluding hydrogens is 276 g/mol. The first kappa shape index (κ1) is 6.65. The van der Waals surface area contributed by atoms with Crippen LogP contribution in [0.15, 0.2) is 72.5 Å². The molecule has 3 aromatic rings. The van der Waals surface area contributed by atoms with Crippen molar-refractivity contribution in [2.75, 3.05) is 0 Å². The molecule has 0 saturated heterocycles. The summed E-state index contributed by atoms with van der Waals surface area (Å²) in [6.07, 6.45) is 0. The average molecular weight is 313 g/mol. The second-order valence-corrected chi connectivity index (χ2v) is 6.25. The predicted octanol–water partition coefficient (Wildman–Crippen LogP) is 6.63. The predicted molar refractivity (Wildman–Crippen MR) is 101 cm³/mol. The molecule has 3 aromatic carbocycles. The fourth-order valence-corrected chi connectivity index (χ4v) is 2.59. The van der Waals surface area contributed by atoms with Gasteiger partial charge in [0.15, 0.2) is 0 Å². The molecule has 0 spiro atoms. The summed E-state index contributed by atoms with van der Waals surface area (Å²) in [5, 5.41) is 0. The third-order valence-corrected chi connectivity index (χ3v) is 3.50. The molecule has 0 amide bonds. The Morgan fingerprint density at radius 2 is 1.22 bits per heavy atom. The zero-order valence-electron chi connectivity index (χ0n) is 25.5. The van der Waals surface area contributed by atoms with E-state index in [0.29, 0.717) is 0 Å². The van der Waals surface area contributed by atoms with Crippen LogP contribution < -0.4 is 0 Å². The van der Waals surface area contributed by atoms with Gasteiger partial charge in [-0.25, -0.2) is 0 Å². The fourth-order valence-electron chi connectivity index (χ4n) is 2.59. The molecule has 0 fully saturated rings. The van der Waals surface area contributed by atoms with Crippen molar-refractivity contribution in [3.63, 3.8) is 0 Å². The SMILES string of the molecule is [2H]c1c([2H])c([2H])c(-c2c([2H])c([2H])c(C)c(-c3c([2H])c([2H])c([2H])c([2H])c3[2H])c2C(C)(C)C)c([2H])c1[2H]. The summed E-state index contributed by atoms with van der Waals surface area (Å²) >= 11 is 0. The standard InChI is InChI=1S/C23H24/c1-17-15-16-20(18-11-7-5-8-12-18)22(23(2,3)4)21(17)19-13-9-6-10-14-19/h5-16H,1-4H3/i5D,6D,7D,8D,9D,10D,11D,12D,13D,14D,15D,16D. The van der Waals surface area contributed by atoms with E-state index in [9.17, 15) is 0 Å². The van der Waals surface area contributed by atoms with Gasteiger partial charge in [0.25, 0.3) is 0 Å². The second kappa shape index (κ2) is 6.04. The molecule has 0 aromatic heterocycles. The molecule has 3 rings (SSSR count). The van der Waals surface area contributed by atoms with Crippen LogP contribution in [0.25, 0.3) is 22.3 Å². The van der Waals surface area contributed by atoms with Crippen LogP contribution in [0.1, 0.15) is 48.3 Å². The van der Waals surface area contributed by atoms with E-state index in [1.54, 1.807) is 20.8 Å². The number of hydrogen-bond donors (Lipinski definition) is 0. The highest BCUT2D eigenvalue weighted by molar-refractivity contribution is 5.82. The normalized spacial score (nSPS) is 18.8. The lowest BCUT2D eigenvalue weighted by Crippen LogP contribution is -2.15. The Bertz CT molecular complexity index is 1250. The maximum absolute atomic E-state index is 8.75. The van der Waals surface area contributed by atoms with E-state index < -0.39 is 65.8 Å². The first-order valence-corrected chi connectivity index (χ1v) is 7.25. The molecule has 0 bridgehead atoms. The van der Waals surface area contributed by atoms with Gasteiger partial charge in [-0.1, -0.05) is 93.3 Å². The molecular formula is C23H24. The third kappa shape index (κ3) is 3.07. The molecule has 0 nitrogen and oxygen atoms in total. The average Bonchev–Trinajstić information content (AvgIpc) is 2.79. The van der Waals surface area contributed by atoms with Crippen molar-refractivity contribution in [2.45, 2.75) is 33.1 Å². The molecule has 23 heavy (non-hydrogen) atoms. The Morgan fingerprint density at radius 3 is 1.74 bits per heavy atom. The Balaban J connectivity index is 2.75. The first-order valence-electron chi connectivity index (χ1n) is 13.2. The lowest BCUT2D eigenvalue weighted by Gasteiger charge is -2.28. The summed E-state index contributed by atoms with van der Waals surface area (Å²) in [6.45, 7) is 6.77. The van der Waals surface area contributed by atoms with E-state index in [2.05, 4.69) is 0 Å². The van der Waals surface area contributed by atoms with Crippen molar-refractivity contribution in [2.24, 2.45) is 0 Å². The van der Waals surface area contributed by atoms with Gasteiger partial charge in [0, 0.05) is 0 Å². The van der Waals surface area contributed by atoms with Crippen LogP contribution in [-0.2, 0) is 5.41 Å². The van der Waals surface area contributed by atoms with Gasteiger partial charge in [0.2, 0.25) is 0 Å². The number of benzene rings is 3. The summed E-state index contributed by atoms with van der Waals surface area (Å²) in [4.78, 5) is 0. The minimum Gasteiger partial charge on any atom is -0.0622 e. The van der Waals surface area contributed by atoms with Gasteiger partial charge in [-0.15, -0.1) is 0 Å². The van der Waals surface area contributed by atoms with Gasteiger partial charge in [0.1, 0.15) is 0 Å². The second-order valence-electron chi connectivity index (χ2n) is 6.25. The van der Waals surface area contributed by atoms with E-state index in [0.717, 1.165) is 0 Å². The van der Waals surface area contributed by atoms with Crippen molar-refractivity contribution in [1.82, 2.24) is 0 Å². The molecule has 0 radical (unpaired) electrons. The summed E-state index contributed by atoms with van der Waals surface area (Å²) in [5.74, 6) is 0. The van der Waals surface area contributed by atoms with E-state index in [4.69, 9.17) is 16.4 Å². The van der Waals surface area contributed by atoms with Crippen LogP contribution in [0, 0.1) is 6.92 Å². The summed E-state index contributed by atoms with van der Waals surface area (Å²) < 4.78 is 99.6. The highest BCUT2D eigenvalue weighted by Crippen LogP contribution is 2.41. The molecule has 0 unspecified atom stereocenters. The van der Waals surface area contributed by atoms with Crippen molar-refractivity contribution in [1.29, 1.82) is 0 Å². The highest BCUT2D eigenvalue weighted by Gasteiger charge is 2.24. The maximum Gasteiger partial charge on any atom is 0.0629 e. The van der Waals surface area contributed by atoms with Crippen molar-refractivity contribution in [3.8, 4) is 22.3 Å². The highest BCUT2D eigenvalue weighted by atomic mass is 14.3. The molecule has 0 heteroatoms. The van der Waals surface area contributed by atoms with Crippen LogP contribution >= 0.6 is 0 Å². The van der Waals surface area contributed by atoms with Gasteiger partial charge in [-0.2, -0.15) is 0 Å². The van der Waals surface area contributed by atoms with Crippen LogP contribution in [-0.4, -0.2) is 0 Å². The molecule has 0 aliphatic heterocycles. The zero-order valence-corrected chi connectivity index (χ0v) is 13.5. The minimum absolute atomic E-state index is 0.0908. The van der Waals surface area contributed by atoms with Crippen molar-refractivity contribution < 1.29 is 16.4 Å². The molecule has 116 valence electrons. The monoisotopic (exact) mass is 312 g/mol. The quantitative estimate of drug-likeness (QED) is 0.498. The molecule has 0 atom stereocenters. The van der Waals surface area contributed by atoms with Crippen LogP contribution in [0.2, 0.25) is 0 Å². The zero-order chi connectivity index (χ0) is 26.9. The summed E-state index contributed by atoms with van der Waals surface area (Å²) in [7, 11) is 0. The van der Waals surface area contributed by atoms with E-state index in [1.807, 2.05) is 0 Å². The Hall–Kier alpha value is -2.34. The number of rotatable bonds is 2. The maximum atomic E-state index is 8.75. The minimum atomic E-state index is -0.884. The smallest absolute Gasteiger partial charge is 0.0622 e. The van der Waals surface area contributed by atoms with E-state index in [-0.39, 0.29) is 45.5 Å². The largest absolute Gasteiger partial charge is 0.0629 e. The van der Waals surface area contributed by atoms with Crippen LogP contribution in [0.3, 0.4) is 0 Å². The number of hydrogen-bond acceptors (Lipinski definition) is 0. The summed E-state index contributed by atoms with van der Waals surface area (Å²) in [5.41, 5.74) is -0.842. The van der Waals surface area contributed by atoms with Gasteiger partial charge >= 0.3 is 0 Å². The van der Waals surface area contributed by atoms with Crippen LogP contribution in [0.5, 0.6) is 0 Å². The molecule has 0 heterocycles. The van der Waals surface area contributed by atoms with Gasteiger partial charge < -0.3 is 0 Å². The summed E-state index contributed by atoms with van der Waals surface area (Å²) in [6, 6.07) is -6.29. The Labute approximate surface area is 156 Å². The molecule has 0 aliphatic rings. The topological polar surface area (TPSA) is 0 Å². The van der Waals surface area contributed by atoms with Crippen molar-refractivity contribution >= 4 is 0 Å². The van der Waals surface area contributed by atoms with Crippen LogP contribution in [0.4, 0.5) is 0 Å². The Kier molecular flexibility index (Phi) is 1.75. The lowest BCUT2D eigenvalue weighted by molar-refractivity contribution is 0.593. The fraction of sp³-hybridized carbons (Fsp3) is 0.217. The van der Waals surface area contributed by atoms with Gasteiger partial charge in [-0.05, 0) is 45.7 Å². The third-order valence-electron chi connectivity index (χ3n) is 3.50. The van der Waals surface area contributed by atoms with E-state index in [1.165, 1.54) is 6.92 Å². The Morgan fingerprint density at radius 1 is 0.696 bits per heavy atom. The lowest BCUT2D eigenvalue weighted by atomic mass is 9.76. The molecule has 0 aliphatic carbocycles. The van der Waals surface area contributed by atoms with Gasteiger partial charge in [0.05, 0.1) is 16.4 Å². The van der Waals surface area contributed by atoms with Crippen molar-refractivity contribution in [3.05, 3.63) is 83.6 Å². The van der Waals surface area contributed by atoms with Gasteiger partial charge in [-0.3, -0.25) is 0 Å². The molecule has 0 N–H and O–H groups in total. The first-order chi connectivity index (χ1) is 16.0. The van der Waals surface area contributed by atoms with E-state index >= 15 is 0 Å².